The highest BCUT2D eigenvalue weighted by Gasteiger charge is 2.07. The van der Waals surface area contributed by atoms with Crippen LogP contribution in [0.4, 0.5) is 5.69 Å². The van der Waals surface area contributed by atoms with E-state index in [1.165, 1.54) is 12.3 Å². The molecule has 1 heterocycles. The Bertz CT molecular complexity index is 265. The zero-order valence-electron chi connectivity index (χ0n) is 5.90. The van der Waals surface area contributed by atoms with Gasteiger partial charge in [0.2, 0.25) is 6.20 Å². The van der Waals surface area contributed by atoms with E-state index >= 15 is 0 Å². The van der Waals surface area contributed by atoms with Crippen LogP contribution in [0.2, 0.25) is 0 Å². The Balaban J connectivity index is 0.000001000. The minimum atomic E-state index is -0.417. The van der Waals surface area contributed by atoms with E-state index in [0.29, 0.717) is 0 Å². The van der Waals surface area contributed by atoms with E-state index in [9.17, 15) is 10.1 Å². The van der Waals surface area contributed by atoms with Crippen molar-refractivity contribution in [2.24, 2.45) is 7.05 Å². The van der Waals surface area contributed by atoms with Crippen LogP contribution >= 0.6 is 0 Å². The molecule has 60 valence electrons. The van der Waals surface area contributed by atoms with Crippen LogP contribution in [0.3, 0.4) is 0 Å². The molecule has 5 heteroatoms. The van der Waals surface area contributed by atoms with E-state index in [-0.39, 0.29) is 22.7 Å². The second kappa shape index (κ2) is 4.02. The minimum Gasteiger partial charge on any atom is -1.00 e. The van der Waals surface area contributed by atoms with Crippen LogP contribution in [0.15, 0.2) is 24.5 Å². The van der Waals surface area contributed by atoms with Crippen LogP contribution < -0.4 is 21.5 Å². The van der Waals surface area contributed by atoms with Gasteiger partial charge in [-0.25, -0.2) is 4.57 Å². The van der Waals surface area contributed by atoms with E-state index in [1.807, 2.05) is 0 Å². The first-order valence-electron chi connectivity index (χ1n) is 2.80. The molecule has 0 aliphatic rings. The third-order valence-corrected chi connectivity index (χ3v) is 1.13. The molecular formula is C6H7BrN2O2. The quantitative estimate of drug-likeness (QED) is 0.296. The average molecular weight is 219 g/mol. The fourth-order valence-corrected chi connectivity index (χ4v) is 0.680. The SMILES string of the molecule is C[n+]1cccc([N+](=O)[O-])c1.[Br-]. The van der Waals surface area contributed by atoms with E-state index in [1.54, 1.807) is 23.9 Å². The van der Waals surface area contributed by atoms with Gasteiger partial charge in [0, 0.05) is 12.1 Å². The summed E-state index contributed by atoms with van der Waals surface area (Å²) in [5.41, 5.74) is 0.116. The average Bonchev–Trinajstić information content (AvgIpc) is 1.88. The molecule has 0 aromatic carbocycles. The van der Waals surface area contributed by atoms with Crippen molar-refractivity contribution in [3.8, 4) is 0 Å². The number of rotatable bonds is 1. The van der Waals surface area contributed by atoms with Crippen molar-refractivity contribution in [2.45, 2.75) is 0 Å². The van der Waals surface area contributed by atoms with Gasteiger partial charge < -0.3 is 17.0 Å². The van der Waals surface area contributed by atoms with Gasteiger partial charge in [-0.15, -0.1) is 0 Å². The van der Waals surface area contributed by atoms with Gasteiger partial charge in [0.05, 0.1) is 4.92 Å². The molecule has 1 aromatic heterocycles. The first kappa shape index (κ1) is 10.0. The topological polar surface area (TPSA) is 47.0 Å². The maximum atomic E-state index is 10.1. The summed E-state index contributed by atoms with van der Waals surface area (Å²) in [7, 11) is 1.74. The van der Waals surface area contributed by atoms with Gasteiger partial charge in [-0.1, -0.05) is 0 Å². The fourth-order valence-electron chi connectivity index (χ4n) is 0.680. The zero-order chi connectivity index (χ0) is 7.56. The van der Waals surface area contributed by atoms with Gasteiger partial charge in [-0.3, -0.25) is 10.1 Å². The van der Waals surface area contributed by atoms with Gasteiger partial charge in [-0.05, 0) is 0 Å². The maximum absolute atomic E-state index is 10.1. The molecule has 4 nitrogen and oxygen atoms in total. The van der Waals surface area contributed by atoms with E-state index < -0.39 is 4.92 Å². The van der Waals surface area contributed by atoms with Crippen molar-refractivity contribution < 1.29 is 26.5 Å². The summed E-state index contributed by atoms with van der Waals surface area (Å²) < 4.78 is 1.64. The van der Waals surface area contributed by atoms with E-state index in [0.717, 1.165) is 0 Å². The molecule has 0 unspecified atom stereocenters. The summed E-state index contributed by atoms with van der Waals surface area (Å²) in [6, 6.07) is 3.10. The van der Waals surface area contributed by atoms with Crippen molar-refractivity contribution in [3.63, 3.8) is 0 Å². The molecule has 1 aromatic rings. The van der Waals surface area contributed by atoms with Gasteiger partial charge in [0.1, 0.15) is 7.05 Å². The number of hydrogen-bond donors (Lipinski definition) is 0. The lowest BCUT2D eigenvalue weighted by Gasteiger charge is -1.86. The Morgan fingerprint density at radius 3 is 2.64 bits per heavy atom. The van der Waals surface area contributed by atoms with Crippen molar-refractivity contribution in [3.05, 3.63) is 34.6 Å². The zero-order valence-corrected chi connectivity index (χ0v) is 7.48. The first-order chi connectivity index (χ1) is 4.70. The number of aromatic nitrogens is 1. The highest BCUT2D eigenvalue weighted by atomic mass is 79.9. The molecule has 1 rings (SSSR count). The maximum Gasteiger partial charge on any atom is 0.332 e. The second-order valence-electron chi connectivity index (χ2n) is 1.98. The van der Waals surface area contributed by atoms with Gasteiger partial charge >= 0.3 is 5.69 Å². The second-order valence-corrected chi connectivity index (χ2v) is 1.98. The Morgan fingerprint density at radius 2 is 2.27 bits per heavy atom. The number of nitro groups is 1. The standard InChI is InChI=1S/C6H7N2O2.BrH/c1-7-4-2-3-6(5-7)8(9)10;/h2-5H,1H3;1H/q+1;/p-1. The molecule has 0 saturated carbocycles. The van der Waals surface area contributed by atoms with E-state index in [4.69, 9.17) is 0 Å². The molecule has 0 atom stereocenters. The largest absolute Gasteiger partial charge is 1.00 e. The van der Waals surface area contributed by atoms with Gasteiger partial charge in [0.15, 0.2) is 6.20 Å². The molecule has 0 saturated heterocycles. The van der Waals surface area contributed by atoms with Crippen LogP contribution in [0.25, 0.3) is 0 Å². The fraction of sp³-hybridized carbons (Fsp3) is 0.167. The van der Waals surface area contributed by atoms with Crippen LogP contribution in [-0.2, 0) is 7.05 Å². The predicted molar refractivity (Wildman–Crippen MR) is 34.3 cm³/mol. The number of pyridine rings is 1. The number of nitrogens with zero attached hydrogens (tertiary/aromatic N) is 2. The molecule has 11 heavy (non-hydrogen) atoms. The molecule has 0 aliphatic carbocycles. The predicted octanol–water partition coefficient (Wildman–Crippen LogP) is -2.58. The van der Waals surface area contributed by atoms with Gasteiger partial charge in [-0.2, -0.15) is 0 Å². The Labute approximate surface area is 74.4 Å². The van der Waals surface area contributed by atoms with Crippen LogP contribution in [-0.4, -0.2) is 4.92 Å². The lowest BCUT2D eigenvalue weighted by Crippen LogP contribution is -3.00. The summed E-state index contributed by atoms with van der Waals surface area (Å²) >= 11 is 0. The van der Waals surface area contributed by atoms with Gasteiger partial charge in [0.25, 0.3) is 0 Å². The molecule has 0 fully saturated rings. The Hall–Kier alpha value is -0.970. The number of halogens is 1. The normalized spacial score (nSPS) is 8.45. The highest BCUT2D eigenvalue weighted by molar-refractivity contribution is 5.20. The summed E-state index contributed by atoms with van der Waals surface area (Å²) in [4.78, 5) is 9.73. The summed E-state index contributed by atoms with van der Waals surface area (Å²) in [5.74, 6) is 0. The minimum absolute atomic E-state index is 0. The van der Waals surface area contributed by atoms with Crippen molar-refractivity contribution in [1.82, 2.24) is 0 Å². The van der Waals surface area contributed by atoms with Crippen molar-refractivity contribution >= 4 is 5.69 Å². The van der Waals surface area contributed by atoms with Crippen LogP contribution in [0.5, 0.6) is 0 Å². The number of aryl methyl sites for hydroxylation is 1. The molecule has 0 spiro atoms. The molecule has 0 radical (unpaired) electrons. The molecular weight excluding hydrogens is 212 g/mol. The molecule has 0 N–H and O–H groups in total. The third kappa shape index (κ3) is 2.63. The monoisotopic (exact) mass is 218 g/mol. The number of hydrogen-bond acceptors (Lipinski definition) is 2. The van der Waals surface area contributed by atoms with E-state index in [2.05, 4.69) is 0 Å². The lowest BCUT2D eigenvalue weighted by atomic mass is 10.4. The summed E-state index contributed by atoms with van der Waals surface area (Å²) in [5, 5.41) is 10.1. The highest BCUT2D eigenvalue weighted by Crippen LogP contribution is 2.03. The van der Waals surface area contributed by atoms with Crippen LogP contribution in [0, 0.1) is 10.1 Å². The first-order valence-corrected chi connectivity index (χ1v) is 2.80. The smallest absolute Gasteiger partial charge is 0.332 e. The summed E-state index contributed by atoms with van der Waals surface area (Å²) in [6.45, 7) is 0. The van der Waals surface area contributed by atoms with Crippen molar-refractivity contribution in [1.29, 1.82) is 0 Å². The molecule has 0 aliphatic heterocycles. The molecule has 0 bridgehead atoms. The third-order valence-electron chi connectivity index (χ3n) is 1.13. The van der Waals surface area contributed by atoms with Crippen molar-refractivity contribution in [2.75, 3.05) is 0 Å². The molecule has 0 amide bonds. The lowest BCUT2D eigenvalue weighted by molar-refractivity contribution is -0.674. The summed E-state index contributed by atoms with van der Waals surface area (Å²) in [6.07, 6.45) is 3.20. The van der Waals surface area contributed by atoms with Crippen LogP contribution in [0.1, 0.15) is 0 Å². The Kier molecular flexibility index (Phi) is 3.67. The Morgan fingerprint density at radius 1 is 1.64 bits per heavy atom.